The maximum atomic E-state index is 5.62. The predicted octanol–water partition coefficient (Wildman–Crippen LogP) is 1.53. The van der Waals surface area contributed by atoms with Gasteiger partial charge in [-0.15, -0.1) is 5.10 Å². The van der Waals surface area contributed by atoms with Crippen molar-refractivity contribution >= 4 is 0 Å². The number of hydrogen-bond acceptors (Lipinski definition) is 4. The highest BCUT2D eigenvalue weighted by Crippen LogP contribution is 2.24. The Morgan fingerprint density at radius 2 is 2.32 bits per heavy atom. The van der Waals surface area contributed by atoms with Gasteiger partial charge in [-0.05, 0) is 24.1 Å². The lowest BCUT2D eigenvalue weighted by Gasteiger charge is -2.26. The van der Waals surface area contributed by atoms with Crippen LogP contribution in [-0.4, -0.2) is 28.1 Å². The molecule has 1 unspecified atom stereocenters. The molecule has 5 nitrogen and oxygen atoms in total. The van der Waals surface area contributed by atoms with Crippen LogP contribution in [-0.2, 0) is 17.9 Å². The van der Waals surface area contributed by atoms with E-state index in [4.69, 9.17) is 4.74 Å². The molecule has 0 aliphatic carbocycles. The van der Waals surface area contributed by atoms with Gasteiger partial charge in [-0.3, -0.25) is 4.68 Å². The van der Waals surface area contributed by atoms with Crippen LogP contribution in [0, 0.1) is 0 Å². The van der Waals surface area contributed by atoms with Crippen molar-refractivity contribution in [3.63, 3.8) is 0 Å². The zero-order chi connectivity index (χ0) is 12.9. The molecule has 0 fully saturated rings. The lowest BCUT2D eigenvalue weighted by atomic mass is 9.99. The van der Waals surface area contributed by atoms with E-state index in [-0.39, 0.29) is 0 Å². The SMILES string of the molecule is c1ccc2c(c1)COCC2NCCCn1ccnn1. The Balaban J connectivity index is 1.51. The second-order valence-corrected chi connectivity index (χ2v) is 4.74. The lowest BCUT2D eigenvalue weighted by Crippen LogP contribution is -2.30. The fraction of sp³-hybridized carbons (Fsp3) is 0.429. The summed E-state index contributed by atoms with van der Waals surface area (Å²) in [5.41, 5.74) is 2.66. The first kappa shape index (κ1) is 12.3. The van der Waals surface area contributed by atoms with Crippen molar-refractivity contribution in [2.75, 3.05) is 13.2 Å². The van der Waals surface area contributed by atoms with Crippen molar-refractivity contribution < 1.29 is 4.74 Å². The Labute approximate surface area is 112 Å². The predicted molar refractivity (Wildman–Crippen MR) is 71.5 cm³/mol. The molecule has 0 amide bonds. The van der Waals surface area contributed by atoms with E-state index in [1.807, 2.05) is 10.9 Å². The zero-order valence-corrected chi connectivity index (χ0v) is 10.8. The second kappa shape index (κ2) is 5.95. The molecule has 1 aliphatic rings. The number of rotatable bonds is 5. The number of ether oxygens (including phenoxy) is 1. The van der Waals surface area contributed by atoms with Gasteiger partial charge in [0.15, 0.2) is 0 Å². The summed E-state index contributed by atoms with van der Waals surface area (Å²) in [4.78, 5) is 0. The molecule has 1 aliphatic heterocycles. The molecule has 100 valence electrons. The Bertz CT molecular complexity index is 512. The average molecular weight is 258 g/mol. The second-order valence-electron chi connectivity index (χ2n) is 4.74. The van der Waals surface area contributed by atoms with Gasteiger partial charge in [-0.25, -0.2) is 0 Å². The highest BCUT2D eigenvalue weighted by atomic mass is 16.5. The fourth-order valence-corrected chi connectivity index (χ4v) is 2.42. The van der Waals surface area contributed by atoms with E-state index in [9.17, 15) is 0 Å². The molecule has 1 aromatic heterocycles. The molecule has 2 aromatic rings. The van der Waals surface area contributed by atoms with Gasteiger partial charge in [-0.1, -0.05) is 29.5 Å². The van der Waals surface area contributed by atoms with E-state index in [1.54, 1.807) is 6.20 Å². The number of nitrogens with one attached hydrogen (secondary N) is 1. The van der Waals surface area contributed by atoms with Crippen LogP contribution in [0.1, 0.15) is 23.6 Å². The minimum atomic E-state index is 0.306. The monoisotopic (exact) mass is 258 g/mol. The molecular weight excluding hydrogens is 240 g/mol. The Hall–Kier alpha value is -1.72. The first-order valence-corrected chi connectivity index (χ1v) is 6.66. The third kappa shape index (κ3) is 3.00. The maximum absolute atomic E-state index is 5.62. The molecule has 0 saturated heterocycles. The fourth-order valence-electron chi connectivity index (χ4n) is 2.42. The Kier molecular flexibility index (Phi) is 3.86. The highest BCUT2D eigenvalue weighted by Gasteiger charge is 2.19. The minimum Gasteiger partial charge on any atom is -0.375 e. The van der Waals surface area contributed by atoms with Crippen LogP contribution < -0.4 is 5.32 Å². The van der Waals surface area contributed by atoms with Crippen LogP contribution in [0.25, 0.3) is 0 Å². The van der Waals surface area contributed by atoms with E-state index in [0.29, 0.717) is 6.04 Å². The van der Waals surface area contributed by atoms with Crippen LogP contribution in [0.2, 0.25) is 0 Å². The summed E-state index contributed by atoms with van der Waals surface area (Å²) >= 11 is 0. The molecule has 1 N–H and O–H groups in total. The van der Waals surface area contributed by atoms with Crippen LogP contribution >= 0.6 is 0 Å². The molecular formula is C14H18N4O. The van der Waals surface area contributed by atoms with Gasteiger partial charge < -0.3 is 10.1 Å². The summed E-state index contributed by atoms with van der Waals surface area (Å²) in [5.74, 6) is 0. The van der Waals surface area contributed by atoms with Crippen LogP contribution in [0.4, 0.5) is 0 Å². The summed E-state index contributed by atoms with van der Waals surface area (Å²) in [6, 6.07) is 8.79. The van der Waals surface area contributed by atoms with Gasteiger partial charge in [0.05, 0.1) is 25.5 Å². The summed E-state index contributed by atoms with van der Waals surface area (Å²) in [5, 5.41) is 11.3. The number of nitrogens with zero attached hydrogens (tertiary/aromatic N) is 3. The summed E-state index contributed by atoms with van der Waals surface area (Å²) in [7, 11) is 0. The number of hydrogen-bond donors (Lipinski definition) is 1. The number of fused-ring (bicyclic) bond motifs is 1. The van der Waals surface area contributed by atoms with Gasteiger partial charge in [0.1, 0.15) is 0 Å². The molecule has 0 radical (unpaired) electrons. The lowest BCUT2D eigenvalue weighted by molar-refractivity contribution is 0.0820. The topological polar surface area (TPSA) is 52.0 Å². The number of benzene rings is 1. The first-order chi connectivity index (χ1) is 9.43. The third-order valence-electron chi connectivity index (χ3n) is 3.40. The van der Waals surface area contributed by atoms with E-state index in [0.717, 1.165) is 32.7 Å². The Morgan fingerprint density at radius 3 is 3.21 bits per heavy atom. The summed E-state index contributed by atoms with van der Waals surface area (Å²) in [6.07, 6.45) is 4.62. The summed E-state index contributed by atoms with van der Waals surface area (Å²) < 4.78 is 7.48. The van der Waals surface area contributed by atoms with E-state index < -0.39 is 0 Å². The maximum Gasteiger partial charge on any atom is 0.0721 e. The normalized spacial score (nSPS) is 18.2. The standard InChI is InChI=1S/C14H18N4O/c1-2-5-13-12(4-1)10-19-11-14(13)15-6-3-8-18-9-7-16-17-18/h1-2,4-5,7,9,14-15H,3,6,8,10-11H2. The van der Waals surface area contributed by atoms with Gasteiger partial charge in [0.2, 0.25) is 0 Å². The molecule has 0 spiro atoms. The minimum absolute atomic E-state index is 0.306. The molecule has 0 saturated carbocycles. The van der Waals surface area contributed by atoms with Crippen molar-refractivity contribution in [2.45, 2.75) is 25.6 Å². The summed E-state index contributed by atoms with van der Waals surface area (Å²) in [6.45, 7) is 3.32. The van der Waals surface area contributed by atoms with Crippen LogP contribution in [0.5, 0.6) is 0 Å². The zero-order valence-electron chi connectivity index (χ0n) is 10.8. The number of aromatic nitrogens is 3. The molecule has 19 heavy (non-hydrogen) atoms. The molecule has 2 heterocycles. The molecule has 5 heteroatoms. The Morgan fingerprint density at radius 1 is 1.37 bits per heavy atom. The first-order valence-electron chi connectivity index (χ1n) is 6.66. The average Bonchev–Trinajstić information content (AvgIpc) is 2.97. The van der Waals surface area contributed by atoms with Crippen molar-refractivity contribution in [1.82, 2.24) is 20.3 Å². The van der Waals surface area contributed by atoms with Gasteiger partial charge in [0.25, 0.3) is 0 Å². The van der Waals surface area contributed by atoms with E-state index in [2.05, 4.69) is 39.9 Å². The van der Waals surface area contributed by atoms with Crippen molar-refractivity contribution in [3.8, 4) is 0 Å². The smallest absolute Gasteiger partial charge is 0.0721 e. The highest BCUT2D eigenvalue weighted by molar-refractivity contribution is 5.30. The quantitative estimate of drug-likeness (QED) is 0.826. The van der Waals surface area contributed by atoms with Crippen LogP contribution in [0.15, 0.2) is 36.7 Å². The van der Waals surface area contributed by atoms with Gasteiger partial charge >= 0.3 is 0 Å². The molecule has 3 rings (SSSR count). The van der Waals surface area contributed by atoms with Crippen molar-refractivity contribution in [2.24, 2.45) is 0 Å². The third-order valence-corrected chi connectivity index (χ3v) is 3.40. The molecule has 0 bridgehead atoms. The van der Waals surface area contributed by atoms with Gasteiger partial charge in [0, 0.05) is 12.7 Å². The van der Waals surface area contributed by atoms with Crippen molar-refractivity contribution in [3.05, 3.63) is 47.8 Å². The van der Waals surface area contributed by atoms with Crippen molar-refractivity contribution in [1.29, 1.82) is 0 Å². The van der Waals surface area contributed by atoms with E-state index in [1.165, 1.54) is 11.1 Å². The number of aryl methyl sites for hydroxylation is 1. The molecule has 1 aromatic carbocycles. The van der Waals surface area contributed by atoms with Crippen LogP contribution in [0.3, 0.4) is 0 Å². The molecule has 1 atom stereocenters. The van der Waals surface area contributed by atoms with Gasteiger partial charge in [-0.2, -0.15) is 0 Å². The largest absolute Gasteiger partial charge is 0.375 e. The van der Waals surface area contributed by atoms with E-state index >= 15 is 0 Å².